The Hall–Kier alpha value is -3.20. The molecule has 4 aromatic rings. The van der Waals surface area contributed by atoms with Crippen LogP contribution in [0.2, 0.25) is 0 Å². The van der Waals surface area contributed by atoms with E-state index < -0.39 is 0 Å². The van der Waals surface area contributed by atoms with Gasteiger partial charge < -0.3 is 4.98 Å². The largest absolute Gasteiger partial charge is 0.366 e. The molecule has 23 heavy (non-hydrogen) atoms. The molecule has 4 rings (SSSR count). The Bertz CT molecular complexity index is 981. The van der Waals surface area contributed by atoms with E-state index >= 15 is 0 Å². The number of nitrogens with one attached hydrogen (secondary N) is 1. The lowest BCUT2D eigenvalue weighted by molar-refractivity contribution is 0.104. The number of aromatic amines is 1. The van der Waals surface area contributed by atoms with Crippen molar-refractivity contribution in [3.63, 3.8) is 0 Å². The maximum Gasteiger partial charge on any atom is 0.195 e. The maximum atomic E-state index is 13.1. The van der Waals surface area contributed by atoms with Gasteiger partial charge in [-0.15, -0.1) is 0 Å². The first kappa shape index (κ1) is 13.5. The summed E-state index contributed by atoms with van der Waals surface area (Å²) >= 11 is 0. The monoisotopic (exact) mass is 298 g/mol. The standard InChI is InChI=1S/C20H14N2O/c23-20(16-9-5-7-14-6-1-2-8-15(14)16)18-13-21-12-17(18)19-10-3-4-11-22-19/h1-13,21H. The number of nitrogens with zero attached hydrogens (tertiary/aromatic N) is 1. The third kappa shape index (κ3) is 2.32. The van der Waals surface area contributed by atoms with Crippen molar-refractivity contribution in [3.05, 3.63) is 90.4 Å². The number of ketones is 1. The zero-order chi connectivity index (χ0) is 15.6. The molecule has 2 aromatic heterocycles. The Labute approximate surface area is 133 Å². The van der Waals surface area contributed by atoms with E-state index in [0.717, 1.165) is 22.0 Å². The van der Waals surface area contributed by atoms with Gasteiger partial charge in [-0.25, -0.2) is 0 Å². The van der Waals surface area contributed by atoms with Crippen LogP contribution in [0.25, 0.3) is 22.0 Å². The van der Waals surface area contributed by atoms with E-state index in [2.05, 4.69) is 9.97 Å². The summed E-state index contributed by atoms with van der Waals surface area (Å²) in [7, 11) is 0. The second kappa shape index (κ2) is 5.54. The molecule has 0 amide bonds. The fraction of sp³-hybridized carbons (Fsp3) is 0. The molecular weight excluding hydrogens is 284 g/mol. The average molecular weight is 298 g/mol. The van der Waals surface area contributed by atoms with Crippen LogP contribution in [0, 0.1) is 0 Å². The second-order valence-corrected chi connectivity index (χ2v) is 5.35. The van der Waals surface area contributed by atoms with Gasteiger partial charge in [0.2, 0.25) is 0 Å². The van der Waals surface area contributed by atoms with E-state index in [9.17, 15) is 4.79 Å². The third-order valence-corrected chi connectivity index (χ3v) is 3.97. The Morgan fingerprint density at radius 2 is 1.65 bits per heavy atom. The maximum absolute atomic E-state index is 13.1. The molecule has 0 saturated carbocycles. The zero-order valence-electron chi connectivity index (χ0n) is 12.4. The molecule has 3 heteroatoms. The molecule has 2 heterocycles. The van der Waals surface area contributed by atoms with Crippen molar-refractivity contribution in [1.29, 1.82) is 0 Å². The highest BCUT2D eigenvalue weighted by Crippen LogP contribution is 2.27. The molecule has 3 nitrogen and oxygen atoms in total. The summed E-state index contributed by atoms with van der Waals surface area (Å²) in [4.78, 5) is 20.5. The zero-order valence-corrected chi connectivity index (χ0v) is 12.4. The van der Waals surface area contributed by atoms with Gasteiger partial charge in [0, 0.05) is 35.3 Å². The molecular formula is C20H14N2O. The number of fused-ring (bicyclic) bond motifs is 1. The summed E-state index contributed by atoms with van der Waals surface area (Å²) in [6.07, 6.45) is 5.29. The van der Waals surface area contributed by atoms with Gasteiger partial charge >= 0.3 is 0 Å². The Kier molecular flexibility index (Phi) is 3.24. The molecule has 0 bridgehead atoms. The summed E-state index contributed by atoms with van der Waals surface area (Å²) in [6.45, 7) is 0. The number of rotatable bonds is 3. The molecule has 0 atom stereocenters. The molecule has 0 aliphatic carbocycles. The van der Waals surface area contributed by atoms with Gasteiger partial charge in [-0.2, -0.15) is 0 Å². The summed E-state index contributed by atoms with van der Waals surface area (Å²) in [5.74, 6) is 0.00343. The number of carbonyl (C=O) groups excluding carboxylic acids is 1. The Morgan fingerprint density at radius 1 is 0.826 bits per heavy atom. The van der Waals surface area contributed by atoms with E-state index in [1.54, 1.807) is 12.4 Å². The van der Waals surface area contributed by atoms with Crippen LogP contribution in [0.1, 0.15) is 15.9 Å². The van der Waals surface area contributed by atoms with Crippen molar-refractivity contribution in [1.82, 2.24) is 9.97 Å². The van der Waals surface area contributed by atoms with Crippen LogP contribution < -0.4 is 0 Å². The van der Waals surface area contributed by atoms with Crippen molar-refractivity contribution in [2.24, 2.45) is 0 Å². The van der Waals surface area contributed by atoms with E-state index in [1.807, 2.05) is 66.9 Å². The molecule has 0 unspecified atom stereocenters. The predicted octanol–water partition coefficient (Wildman–Crippen LogP) is 4.46. The highest BCUT2D eigenvalue weighted by Gasteiger charge is 2.18. The molecule has 110 valence electrons. The lowest BCUT2D eigenvalue weighted by Crippen LogP contribution is -2.02. The normalized spacial score (nSPS) is 10.8. The number of benzene rings is 2. The van der Waals surface area contributed by atoms with Crippen molar-refractivity contribution in [2.45, 2.75) is 0 Å². The number of aromatic nitrogens is 2. The minimum atomic E-state index is 0.00343. The predicted molar refractivity (Wildman–Crippen MR) is 91.4 cm³/mol. The molecule has 0 aliphatic rings. The highest BCUT2D eigenvalue weighted by atomic mass is 16.1. The van der Waals surface area contributed by atoms with E-state index in [1.165, 1.54) is 0 Å². The van der Waals surface area contributed by atoms with E-state index in [-0.39, 0.29) is 5.78 Å². The highest BCUT2D eigenvalue weighted by molar-refractivity contribution is 6.18. The van der Waals surface area contributed by atoms with E-state index in [4.69, 9.17) is 0 Å². The van der Waals surface area contributed by atoms with Gasteiger partial charge in [-0.1, -0.05) is 48.5 Å². The Morgan fingerprint density at radius 3 is 2.52 bits per heavy atom. The smallest absolute Gasteiger partial charge is 0.195 e. The average Bonchev–Trinajstić information content (AvgIpc) is 3.11. The quantitative estimate of drug-likeness (QED) is 0.567. The molecule has 0 saturated heterocycles. The van der Waals surface area contributed by atoms with Crippen LogP contribution in [-0.2, 0) is 0 Å². The van der Waals surface area contributed by atoms with Crippen molar-refractivity contribution in [3.8, 4) is 11.3 Å². The summed E-state index contributed by atoms with van der Waals surface area (Å²) < 4.78 is 0. The molecule has 0 fully saturated rings. The second-order valence-electron chi connectivity index (χ2n) is 5.35. The van der Waals surface area contributed by atoms with Crippen LogP contribution >= 0.6 is 0 Å². The fourth-order valence-corrected chi connectivity index (χ4v) is 2.85. The SMILES string of the molecule is O=C(c1c[nH]cc1-c1ccccn1)c1cccc2ccccc12. The minimum absolute atomic E-state index is 0.00343. The van der Waals surface area contributed by atoms with Crippen molar-refractivity contribution < 1.29 is 4.79 Å². The number of H-pyrrole nitrogens is 1. The van der Waals surface area contributed by atoms with Gasteiger partial charge in [0.05, 0.1) is 5.69 Å². The third-order valence-electron chi connectivity index (χ3n) is 3.97. The lowest BCUT2D eigenvalue weighted by Gasteiger charge is -2.06. The van der Waals surface area contributed by atoms with Crippen LogP contribution in [0.5, 0.6) is 0 Å². The topological polar surface area (TPSA) is 45.8 Å². The number of carbonyl (C=O) groups is 1. The van der Waals surface area contributed by atoms with Crippen LogP contribution in [0.4, 0.5) is 0 Å². The summed E-state index contributed by atoms with van der Waals surface area (Å²) in [6, 6.07) is 19.4. The summed E-state index contributed by atoms with van der Waals surface area (Å²) in [5, 5.41) is 2.03. The van der Waals surface area contributed by atoms with Gasteiger partial charge in [0.1, 0.15) is 0 Å². The minimum Gasteiger partial charge on any atom is -0.366 e. The molecule has 0 aliphatic heterocycles. The van der Waals surface area contributed by atoms with Crippen molar-refractivity contribution in [2.75, 3.05) is 0 Å². The van der Waals surface area contributed by atoms with Gasteiger partial charge in [0.15, 0.2) is 5.78 Å². The number of pyridine rings is 1. The molecule has 0 radical (unpaired) electrons. The fourth-order valence-electron chi connectivity index (χ4n) is 2.85. The van der Waals surface area contributed by atoms with Gasteiger partial charge in [0.25, 0.3) is 0 Å². The Balaban J connectivity index is 1.86. The number of hydrogen-bond acceptors (Lipinski definition) is 2. The van der Waals surface area contributed by atoms with Crippen LogP contribution in [-0.4, -0.2) is 15.8 Å². The van der Waals surface area contributed by atoms with Crippen LogP contribution in [0.15, 0.2) is 79.3 Å². The van der Waals surface area contributed by atoms with Gasteiger partial charge in [-0.3, -0.25) is 9.78 Å². The summed E-state index contributed by atoms with van der Waals surface area (Å²) in [5.41, 5.74) is 2.96. The first-order chi connectivity index (χ1) is 11.3. The molecule has 0 spiro atoms. The first-order valence-electron chi connectivity index (χ1n) is 7.45. The van der Waals surface area contributed by atoms with E-state index in [0.29, 0.717) is 11.1 Å². The first-order valence-corrected chi connectivity index (χ1v) is 7.45. The van der Waals surface area contributed by atoms with Crippen molar-refractivity contribution >= 4 is 16.6 Å². The lowest BCUT2D eigenvalue weighted by atomic mass is 9.96. The number of hydrogen-bond donors (Lipinski definition) is 1. The molecule has 1 N–H and O–H groups in total. The molecule has 2 aromatic carbocycles. The van der Waals surface area contributed by atoms with Crippen LogP contribution in [0.3, 0.4) is 0 Å². The van der Waals surface area contributed by atoms with Gasteiger partial charge in [-0.05, 0) is 22.9 Å².